The number of methoxy groups -OCH3 is 2. The molecule has 0 aliphatic carbocycles. The second-order valence-corrected chi connectivity index (χ2v) is 6.40. The van der Waals surface area contributed by atoms with Crippen LogP contribution < -0.4 is 20.1 Å². The van der Waals surface area contributed by atoms with Crippen LogP contribution in [0.15, 0.2) is 54.6 Å². The van der Waals surface area contributed by atoms with Crippen molar-refractivity contribution in [3.8, 4) is 11.5 Å². The predicted molar refractivity (Wildman–Crippen MR) is 110 cm³/mol. The van der Waals surface area contributed by atoms with E-state index in [1.54, 1.807) is 14.2 Å². The third-order valence-corrected chi connectivity index (χ3v) is 4.54. The number of amides is 1. The van der Waals surface area contributed by atoms with Crippen LogP contribution in [0.4, 0.5) is 11.4 Å². The standard InChI is InChI=1S/C22H24N2O3/c1-14-12-20(26-3)21(27-4)13-19(14)23-15(2)22(25)24-18-11-7-9-16-8-5-6-10-17(16)18/h5-13,15,23H,1-4H3,(H,24,25). The van der Waals surface area contributed by atoms with Crippen molar-refractivity contribution in [1.29, 1.82) is 0 Å². The van der Waals surface area contributed by atoms with Crippen LogP contribution >= 0.6 is 0 Å². The smallest absolute Gasteiger partial charge is 0.246 e. The van der Waals surface area contributed by atoms with Gasteiger partial charge in [0, 0.05) is 22.8 Å². The second kappa shape index (κ2) is 7.99. The summed E-state index contributed by atoms with van der Waals surface area (Å²) < 4.78 is 10.7. The number of hydrogen-bond acceptors (Lipinski definition) is 4. The molecule has 0 heterocycles. The number of benzene rings is 3. The van der Waals surface area contributed by atoms with Crippen molar-refractivity contribution in [2.24, 2.45) is 0 Å². The van der Waals surface area contributed by atoms with Crippen molar-refractivity contribution in [3.63, 3.8) is 0 Å². The van der Waals surface area contributed by atoms with Crippen LogP contribution in [0.3, 0.4) is 0 Å². The number of aryl methyl sites for hydroxylation is 1. The molecular weight excluding hydrogens is 340 g/mol. The summed E-state index contributed by atoms with van der Waals surface area (Å²) in [5.74, 6) is 1.17. The Balaban J connectivity index is 1.78. The van der Waals surface area contributed by atoms with Gasteiger partial charge in [0.2, 0.25) is 5.91 Å². The molecule has 0 saturated heterocycles. The molecule has 5 heteroatoms. The summed E-state index contributed by atoms with van der Waals surface area (Å²) in [7, 11) is 3.19. The molecule has 0 aliphatic rings. The maximum atomic E-state index is 12.7. The molecule has 0 fully saturated rings. The van der Waals surface area contributed by atoms with E-state index in [1.165, 1.54) is 0 Å². The molecule has 27 heavy (non-hydrogen) atoms. The highest BCUT2D eigenvalue weighted by molar-refractivity contribution is 6.04. The van der Waals surface area contributed by atoms with Gasteiger partial charge in [-0.25, -0.2) is 0 Å². The fourth-order valence-corrected chi connectivity index (χ4v) is 3.01. The molecule has 0 aromatic heterocycles. The minimum absolute atomic E-state index is 0.111. The zero-order valence-electron chi connectivity index (χ0n) is 16.0. The first-order valence-electron chi connectivity index (χ1n) is 8.81. The first-order valence-corrected chi connectivity index (χ1v) is 8.81. The Morgan fingerprint density at radius 2 is 1.59 bits per heavy atom. The number of anilines is 2. The lowest BCUT2D eigenvalue weighted by atomic mass is 10.1. The van der Waals surface area contributed by atoms with Gasteiger partial charge >= 0.3 is 0 Å². The normalized spacial score (nSPS) is 11.7. The molecule has 0 saturated carbocycles. The Morgan fingerprint density at radius 1 is 0.926 bits per heavy atom. The van der Waals surface area contributed by atoms with Gasteiger partial charge in [-0.2, -0.15) is 0 Å². The molecule has 140 valence electrons. The van der Waals surface area contributed by atoms with E-state index in [4.69, 9.17) is 9.47 Å². The van der Waals surface area contributed by atoms with E-state index in [0.29, 0.717) is 11.5 Å². The van der Waals surface area contributed by atoms with Crippen LogP contribution in [0.5, 0.6) is 11.5 Å². The number of hydrogen-bond donors (Lipinski definition) is 2. The van der Waals surface area contributed by atoms with Gasteiger partial charge in [0.05, 0.1) is 14.2 Å². The van der Waals surface area contributed by atoms with Crippen LogP contribution in [0.2, 0.25) is 0 Å². The van der Waals surface area contributed by atoms with Crippen molar-refractivity contribution < 1.29 is 14.3 Å². The van der Waals surface area contributed by atoms with Crippen molar-refractivity contribution >= 4 is 28.1 Å². The number of carbonyl (C=O) groups excluding carboxylic acids is 1. The quantitative estimate of drug-likeness (QED) is 0.671. The van der Waals surface area contributed by atoms with E-state index in [-0.39, 0.29) is 5.91 Å². The van der Waals surface area contributed by atoms with Gasteiger partial charge in [-0.05, 0) is 36.9 Å². The third-order valence-electron chi connectivity index (χ3n) is 4.54. The molecule has 0 spiro atoms. The maximum Gasteiger partial charge on any atom is 0.246 e. The monoisotopic (exact) mass is 364 g/mol. The first-order chi connectivity index (χ1) is 13.0. The molecule has 1 amide bonds. The fraction of sp³-hybridized carbons (Fsp3) is 0.227. The lowest BCUT2D eigenvalue weighted by Crippen LogP contribution is -2.32. The number of carbonyl (C=O) groups is 1. The highest BCUT2D eigenvalue weighted by Gasteiger charge is 2.16. The summed E-state index contributed by atoms with van der Waals surface area (Å²) in [4.78, 5) is 12.7. The molecule has 5 nitrogen and oxygen atoms in total. The van der Waals surface area contributed by atoms with Crippen LogP contribution in [0, 0.1) is 6.92 Å². The summed E-state index contributed by atoms with van der Waals surface area (Å²) in [5, 5.41) is 8.38. The lowest BCUT2D eigenvalue weighted by Gasteiger charge is -2.19. The van der Waals surface area contributed by atoms with Crippen LogP contribution in [-0.4, -0.2) is 26.2 Å². The van der Waals surface area contributed by atoms with E-state index in [1.807, 2.05) is 68.4 Å². The van der Waals surface area contributed by atoms with E-state index in [2.05, 4.69) is 10.6 Å². The SMILES string of the molecule is COc1cc(C)c(NC(C)C(=O)Nc2cccc3ccccc23)cc1OC. The molecule has 3 aromatic carbocycles. The largest absolute Gasteiger partial charge is 0.493 e. The van der Waals surface area contributed by atoms with Crippen LogP contribution in [0.25, 0.3) is 10.8 Å². The Kier molecular flexibility index (Phi) is 5.50. The Morgan fingerprint density at radius 3 is 2.33 bits per heavy atom. The summed E-state index contributed by atoms with van der Waals surface area (Å²) >= 11 is 0. The van der Waals surface area contributed by atoms with Gasteiger partial charge in [-0.15, -0.1) is 0 Å². The van der Waals surface area contributed by atoms with Gasteiger partial charge in [0.1, 0.15) is 6.04 Å². The summed E-state index contributed by atoms with van der Waals surface area (Å²) in [5.41, 5.74) is 2.60. The molecule has 3 aromatic rings. The van der Waals surface area contributed by atoms with Crippen LogP contribution in [0.1, 0.15) is 12.5 Å². The first kappa shape index (κ1) is 18.6. The Bertz CT molecular complexity index is 964. The average Bonchev–Trinajstić information content (AvgIpc) is 2.69. The average molecular weight is 364 g/mol. The van der Waals surface area contributed by atoms with E-state index in [0.717, 1.165) is 27.7 Å². The second-order valence-electron chi connectivity index (χ2n) is 6.40. The minimum atomic E-state index is -0.430. The summed E-state index contributed by atoms with van der Waals surface area (Å²) in [6.07, 6.45) is 0. The van der Waals surface area contributed by atoms with Crippen molar-refractivity contribution in [1.82, 2.24) is 0 Å². The predicted octanol–water partition coefficient (Wildman–Crippen LogP) is 4.60. The highest BCUT2D eigenvalue weighted by Crippen LogP contribution is 2.33. The van der Waals surface area contributed by atoms with E-state index < -0.39 is 6.04 Å². The number of ether oxygens (including phenoxy) is 2. The number of rotatable bonds is 6. The molecule has 2 N–H and O–H groups in total. The molecule has 1 unspecified atom stereocenters. The Hall–Kier alpha value is -3.21. The summed E-state index contributed by atoms with van der Waals surface area (Å²) in [6, 6.07) is 17.2. The van der Waals surface area contributed by atoms with Gasteiger partial charge in [0.25, 0.3) is 0 Å². The summed E-state index contributed by atoms with van der Waals surface area (Å²) in [6.45, 7) is 3.79. The molecule has 1 atom stereocenters. The Labute approximate surface area is 159 Å². The zero-order chi connectivity index (χ0) is 19.4. The lowest BCUT2D eigenvalue weighted by molar-refractivity contribution is -0.116. The third kappa shape index (κ3) is 3.97. The van der Waals surface area contributed by atoms with Gasteiger partial charge in [-0.1, -0.05) is 36.4 Å². The van der Waals surface area contributed by atoms with Crippen molar-refractivity contribution in [2.75, 3.05) is 24.9 Å². The molecular formula is C22H24N2O3. The van der Waals surface area contributed by atoms with Crippen molar-refractivity contribution in [3.05, 3.63) is 60.2 Å². The number of nitrogens with one attached hydrogen (secondary N) is 2. The number of fused-ring (bicyclic) bond motifs is 1. The van der Waals surface area contributed by atoms with Gasteiger partial charge < -0.3 is 20.1 Å². The van der Waals surface area contributed by atoms with Gasteiger partial charge in [-0.3, -0.25) is 4.79 Å². The molecule has 0 aliphatic heterocycles. The molecule has 0 bridgehead atoms. The maximum absolute atomic E-state index is 12.7. The van der Waals surface area contributed by atoms with Crippen molar-refractivity contribution in [2.45, 2.75) is 19.9 Å². The van der Waals surface area contributed by atoms with Gasteiger partial charge in [0.15, 0.2) is 11.5 Å². The van der Waals surface area contributed by atoms with E-state index in [9.17, 15) is 4.79 Å². The fourth-order valence-electron chi connectivity index (χ4n) is 3.01. The molecule has 3 rings (SSSR count). The molecule has 0 radical (unpaired) electrons. The topological polar surface area (TPSA) is 59.6 Å². The minimum Gasteiger partial charge on any atom is -0.493 e. The van der Waals surface area contributed by atoms with E-state index >= 15 is 0 Å². The highest BCUT2D eigenvalue weighted by atomic mass is 16.5. The zero-order valence-corrected chi connectivity index (χ0v) is 16.0. The van der Waals surface area contributed by atoms with Crippen LogP contribution in [-0.2, 0) is 4.79 Å².